The Kier molecular flexibility index (Phi) is 41.2. The minimum atomic E-state index is -2.01. The molecule has 0 bridgehead atoms. The molecule has 0 spiro atoms. The van der Waals surface area contributed by atoms with Gasteiger partial charge in [0.15, 0.2) is 69.1 Å². The first-order chi connectivity index (χ1) is 54.2. The maximum atomic E-state index is 13.6. The third-order valence-corrected chi connectivity index (χ3v) is 20.8. The molecule has 115 heavy (non-hydrogen) atoms. The molecule has 676 valence electrons. The van der Waals surface area contributed by atoms with Crippen LogP contribution >= 0.6 is 0 Å². The number of aliphatic hydroxyl groups is 31. The number of hydrogen-bond donors (Lipinski definition) is 31. The van der Waals surface area contributed by atoms with Gasteiger partial charge < -0.3 is 229 Å². The Morgan fingerprint density at radius 3 is 0.809 bits per heavy atom. The van der Waals surface area contributed by atoms with Gasteiger partial charge in [-0.2, -0.15) is 0 Å². The SMILES string of the molecule is CCC1O[C@H](O[C@H]2OC(CO)C[C@H](O)C2O)[C@H](O)C(O)[C@@H]1O.CCC1O[C@H](O[C@H]2OC(CO)[C@@H](F)[C@H](O)C2O)[C@H](O)C(O)[C@@H]1O.CCC1O[C@H](O[C@H]2OC(CO)[C@@H](O)CC2O)[C@H](O)C(O)[C@@H]1O.CCC1O[C@H](O[C@H]2OC(CO)[C@@H](O)[C@H](N=[N+]=[N-])C2O)[C@H](O)C(O)[C@@H]1O.CCC1O[C@H](O[C@H]2OC(CO)[C@@H](O)[C@H](O)C2O)[C@H](O)C(O)[C@@H]1O. The molecular formula is C65H118FN3O46. The molecule has 10 fully saturated rings. The van der Waals surface area contributed by atoms with E-state index in [1.165, 1.54) is 0 Å². The van der Waals surface area contributed by atoms with Gasteiger partial charge in [0, 0.05) is 17.8 Å². The van der Waals surface area contributed by atoms with Gasteiger partial charge in [0.25, 0.3) is 0 Å². The number of alkyl halides is 1. The minimum absolute atomic E-state index is 0.0462. The number of ether oxygens (including phenoxy) is 15. The van der Waals surface area contributed by atoms with Crippen molar-refractivity contribution in [1.82, 2.24) is 0 Å². The molecular weight excluding hydrogens is 1580 g/mol. The van der Waals surface area contributed by atoms with Crippen LogP contribution in [0.25, 0.3) is 10.4 Å². The Morgan fingerprint density at radius 1 is 0.261 bits per heavy atom. The lowest BCUT2D eigenvalue weighted by molar-refractivity contribution is -0.375. The fraction of sp³-hybridized carbons (Fsp3) is 1.00. The molecule has 0 aliphatic carbocycles. The van der Waals surface area contributed by atoms with Gasteiger partial charge in [0.1, 0.15) is 165 Å². The van der Waals surface area contributed by atoms with Crippen molar-refractivity contribution in [3.8, 4) is 0 Å². The molecule has 31 N–H and O–H groups in total. The van der Waals surface area contributed by atoms with Gasteiger partial charge in [0.2, 0.25) is 0 Å². The topological polar surface area (TPSA) is 814 Å². The molecule has 48 atom stereocenters. The minimum Gasteiger partial charge on any atom is -0.394 e. The van der Waals surface area contributed by atoms with Gasteiger partial charge in [-0.3, -0.25) is 0 Å². The average Bonchev–Trinajstić information content (AvgIpc) is 0.802. The van der Waals surface area contributed by atoms with E-state index in [9.17, 15) is 142 Å². The van der Waals surface area contributed by atoms with Crippen LogP contribution in [-0.2, 0) is 71.1 Å². The van der Waals surface area contributed by atoms with E-state index in [0.29, 0.717) is 32.1 Å². The highest BCUT2D eigenvalue weighted by atomic mass is 19.1. The van der Waals surface area contributed by atoms with Crippen molar-refractivity contribution < 1.29 is 234 Å². The van der Waals surface area contributed by atoms with Crippen LogP contribution in [0.3, 0.4) is 0 Å². The summed E-state index contributed by atoms with van der Waals surface area (Å²) in [6.45, 7) is 5.69. The Morgan fingerprint density at radius 2 is 0.513 bits per heavy atom. The first kappa shape index (κ1) is 101. The lowest BCUT2D eigenvalue weighted by Crippen LogP contribution is -2.63. The third kappa shape index (κ3) is 24.7. The monoisotopic (exact) mass is 1700 g/mol. The van der Waals surface area contributed by atoms with Gasteiger partial charge in [0.05, 0.1) is 94.0 Å². The summed E-state index contributed by atoms with van der Waals surface area (Å²) in [5.41, 5.74) is 8.56. The highest BCUT2D eigenvalue weighted by Crippen LogP contribution is 2.36. The lowest BCUT2D eigenvalue weighted by atomic mass is 9.96. The molecule has 10 saturated heterocycles. The zero-order valence-corrected chi connectivity index (χ0v) is 62.9. The van der Waals surface area contributed by atoms with Crippen molar-refractivity contribution in [2.75, 3.05) is 33.0 Å². The zero-order chi connectivity index (χ0) is 86.2. The second-order valence-electron chi connectivity index (χ2n) is 28.7. The van der Waals surface area contributed by atoms with E-state index >= 15 is 0 Å². The highest BCUT2D eigenvalue weighted by molar-refractivity contribution is 4.99. The molecule has 49 nitrogen and oxygen atoms in total. The highest BCUT2D eigenvalue weighted by Gasteiger charge is 2.56. The van der Waals surface area contributed by atoms with E-state index in [0.717, 1.165) is 0 Å². The molecule has 0 aromatic rings. The van der Waals surface area contributed by atoms with Crippen LogP contribution in [0.2, 0.25) is 0 Å². The van der Waals surface area contributed by atoms with Crippen molar-refractivity contribution in [2.24, 2.45) is 5.11 Å². The first-order valence-corrected chi connectivity index (χ1v) is 37.5. The summed E-state index contributed by atoms with van der Waals surface area (Å²) in [6, 6.07) is -1.36. The smallest absolute Gasteiger partial charge is 0.189 e. The predicted octanol–water partition coefficient (Wildman–Crippen LogP) is -15.5. The average molecular weight is 1700 g/mol. The van der Waals surface area contributed by atoms with E-state index in [1.54, 1.807) is 34.6 Å². The van der Waals surface area contributed by atoms with Crippen LogP contribution in [0.5, 0.6) is 0 Å². The number of aliphatic hydroxyl groups excluding tert-OH is 31. The molecule has 0 aromatic heterocycles. The van der Waals surface area contributed by atoms with E-state index in [2.05, 4.69) is 10.0 Å². The Labute approximate surface area is 655 Å². The van der Waals surface area contributed by atoms with Crippen LogP contribution in [0.1, 0.15) is 79.6 Å². The van der Waals surface area contributed by atoms with Crippen LogP contribution in [0, 0.1) is 0 Å². The molecule has 10 aliphatic rings. The fourth-order valence-electron chi connectivity index (χ4n) is 13.5. The number of azide groups is 1. The molecule has 20 unspecified atom stereocenters. The molecule has 0 aromatic carbocycles. The lowest BCUT2D eigenvalue weighted by Gasteiger charge is -2.45. The van der Waals surface area contributed by atoms with E-state index < -0.39 is 321 Å². The van der Waals surface area contributed by atoms with Crippen LogP contribution < -0.4 is 0 Å². The van der Waals surface area contributed by atoms with Crippen molar-refractivity contribution in [1.29, 1.82) is 0 Å². The Bertz CT molecular complexity index is 2650. The number of nitrogens with zero attached hydrogens (tertiary/aromatic N) is 3. The predicted molar refractivity (Wildman–Crippen MR) is 362 cm³/mol. The van der Waals surface area contributed by atoms with Gasteiger partial charge in [-0.05, 0) is 37.6 Å². The molecule has 10 rings (SSSR count). The molecule has 0 amide bonds. The van der Waals surface area contributed by atoms with Gasteiger partial charge >= 0.3 is 0 Å². The molecule has 50 heteroatoms. The summed E-state index contributed by atoms with van der Waals surface area (Å²) in [4.78, 5) is 2.53. The van der Waals surface area contributed by atoms with Crippen LogP contribution in [-0.4, -0.2) is 486 Å². The Hall–Kier alpha value is -2.60. The number of rotatable bonds is 21. The van der Waals surface area contributed by atoms with Gasteiger partial charge in [-0.15, -0.1) is 0 Å². The summed E-state index contributed by atoms with van der Waals surface area (Å²) < 4.78 is 92.8. The number of halogens is 1. The van der Waals surface area contributed by atoms with Crippen LogP contribution in [0.15, 0.2) is 5.11 Å². The normalized spacial score (nSPS) is 50.2. The summed E-state index contributed by atoms with van der Waals surface area (Å²) in [7, 11) is 0. The first-order valence-electron chi connectivity index (χ1n) is 37.5. The van der Waals surface area contributed by atoms with E-state index in [-0.39, 0.29) is 19.4 Å². The summed E-state index contributed by atoms with van der Waals surface area (Å²) >= 11 is 0. The summed E-state index contributed by atoms with van der Waals surface area (Å²) in [5.74, 6) is 0. The Balaban J connectivity index is 0.000000224. The number of hydrogen-bond acceptors (Lipinski definition) is 47. The zero-order valence-electron chi connectivity index (χ0n) is 62.9. The second kappa shape index (κ2) is 46.8. The van der Waals surface area contributed by atoms with E-state index in [4.69, 9.17) is 97.0 Å². The van der Waals surface area contributed by atoms with Crippen molar-refractivity contribution in [2.45, 2.75) is 374 Å². The maximum Gasteiger partial charge on any atom is 0.189 e. The van der Waals surface area contributed by atoms with Crippen molar-refractivity contribution in [3.63, 3.8) is 0 Å². The molecule has 10 aliphatic heterocycles. The second-order valence-corrected chi connectivity index (χ2v) is 28.7. The molecule has 10 heterocycles. The van der Waals surface area contributed by atoms with Crippen LogP contribution in [0.4, 0.5) is 4.39 Å². The van der Waals surface area contributed by atoms with Gasteiger partial charge in [-0.25, -0.2) is 4.39 Å². The standard InChI is InChI=1S/C13H23FO9.C13H23N3O9.C13H24O10.2C13H24O9/c1-2-4-7(16)9(18)11(20)13(21-4)23-12-10(19)8(17)6(14)5(3-15)22-12;1-2-4-8(19)10(21)11(22)13(23-4)25-12-9(20)6(15-16-14)7(18)5(3-17)24-12;1-2-4-6(15)8(17)10(19)12(21-4)23-13-11(20)9(18)7(16)5(3-14)22-13;1-2-7-9(17)10(18)11(19)13(20-7)22-12-6(16)3-5(15)8(4-14)21-12;1-2-7-9(17)10(18)11(19)13(21-7)22-12-8(16)6(15)3-5(4-14)20-12/h4-13,15-20H,2-3H2,1H3;4-13,17-22H,2-3H2,1H3;4-20H,2-3H2,1H3;2*5-19H,2-4H2,1H3/t4?,5?,6-,7-,8+,9?,10?,11-,12-,13-;4?,5?,6-,7+,8+,9?,10?,11+,12+,13+;4?,5?,6-,7-,8?,9+,10-,11?,12-,13-;5-,6?,7?,8?,9+,10?,11+,12+,13+;5?,6-,7?,8?,9+,10?,11+,12+,13+/m10100/s1. The maximum absolute atomic E-state index is 13.6. The summed E-state index contributed by atoms with van der Waals surface area (Å²) in [5, 5.41) is 304. The summed E-state index contributed by atoms with van der Waals surface area (Å²) in [6.07, 6.45) is -62.1. The van der Waals surface area contributed by atoms with Gasteiger partial charge in [-0.1, -0.05) is 39.7 Å². The molecule has 0 radical (unpaired) electrons. The third-order valence-electron chi connectivity index (χ3n) is 20.8. The fourth-order valence-corrected chi connectivity index (χ4v) is 13.5. The van der Waals surface area contributed by atoms with Crippen molar-refractivity contribution >= 4 is 0 Å². The van der Waals surface area contributed by atoms with Crippen molar-refractivity contribution in [3.05, 3.63) is 10.4 Å². The molecule has 0 saturated carbocycles. The van der Waals surface area contributed by atoms with E-state index in [1.807, 2.05) is 0 Å². The largest absolute Gasteiger partial charge is 0.394 e. The quantitative estimate of drug-likeness (QED) is 0.0288.